The Hall–Kier alpha value is -6.78. The van der Waals surface area contributed by atoms with Crippen molar-refractivity contribution in [3.8, 4) is 17.0 Å². The van der Waals surface area contributed by atoms with E-state index in [1.165, 1.54) is 41.5 Å². The molecule has 22 nitrogen and oxygen atoms in total. The number of aliphatic hydroxyl groups is 1. The van der Waals surface area contributed by atoms with Crippen LogP contribution >= 0.6 is 0 Å². The van der Waals surface area contributed by atoms with Crippen LogP contribution in [0, 0.1) is 5.82 Å². The van der Waals surface area contributed by atoms with Crippen molar-refractivity contribution in [1.82, 2.24) is 49.7 Å². The Morgan fingerprint density at radius 1 is 0.928 bits per heavy atom. The van der Waals surface area contributed by atoms with E-state index in [1.54, 1.807) is 12.3 Å². The van der Waals surface area contributed by atoms with Crippen molar-refractivity contribution >= 4 is 45.3 Å². The summed E-state index contributed by atoms with van der Waals surface area (Å²) in [7, 11) is -4.22. The fraction of sp³-hybridized carbons (Fsp3) is 0.405. The smallest absolute Gasteiger partial charge is 0.419 e. The third-order valence-electron chi connectivity index (χ3n) is 10.2. The lowest BCUT2D eigenvalue weighted by Gasteiger charge is -2.27. The van der Waals surface area contributed by atoms with Crippen molar-refractivity contribution in [2.45, 2.75) is 69.1 Å². The van der Waals surface area contributed by atoms with E-state index in [0.29, 0.717) is 18.4 Å². The van der Waals surface area contributed by atoms with Gasteiger partial charge in [0.25, 0.3) is 11.8 Å². The molecule has 69 heavy (non-hydrogen) atoms. The monoisotopic (exact) mass is 987 g/mol. The molecule has 0 spiro atoms. The Morgan fingerprint density at radius 2 is 1.70 bits per heavy atom. The van der Waals surface area contributed by atoms with Crippen molar-refractivity contribution in [2.24, 2.45) is 0 Å². The average molecular weight is 988 g/mol. The average Bonchev–Trinajstić information content (AvgIpc) is 4.01. The van der Waals surface area contributed by atoms with Gasteiger partial charge in [-0.25, -0.2) is 32.2 Å². The summed E-state index contributed by atoms with van der Waals surface area (Å²) in [4.78, 5) is 58.1. The number of ether oxygens (including phenoxy) is 4. The number of anilines is 2. The van der Waals surface area contributed by atoms with Crippen LogP contribution in [0.25, 0.3) is 11.3 Å². The van der Waals surface area contributed by atoms with Crippen LogP contribution in [-0.4, -0.2) is 135 Å². The van der Waals surface area contributed by atoms with Crippen LogP contribution < -0.4 is 20.1 Å². The van der Waals surface area contributed by atoms with Gasteiger partial charge in [0, 0.05) is 30.9 Å². The topological polar surface area (TPSA) is 273 Å². The lowest BCUT2D eigenvalue weighted by molar-refractivity contribution is -0.138. The summed E-state index contributed by atoms with van der Waals surface area (Å²) in [6, 6.07) is 6.35. The largest absolute Gasteiger partial charge is 0.490 e. The predicted molar refractivity (Wildman–Crippen MR) is 229 cm³/mol. The van der Waals surface area contributed by atoms with E-state index in [2.05, 4.69) is 40.7 Å². The Balaban J connectivity index is 0.779. The number of imide groups is 2. The Morgan fingerprint density at radius 3 is 2.43 bits per heavy atom. The summed E-state index contributed by atoms with van der Waals surface area (Å²) >= 11 is 0. The number of halogens is 4. The molecule has 368 valence electrons. The molecule has 0 saturated carbocycles. The van der Waals surface area contributed by atoms with E-state index in [1.807, 2.05) is 0 Å². The normalized spacial score (nSPS) is 15.5. The number of hydrogen-bond acceptors (Lipinski definition) is 17. The van der Waals surface area contributed by atoms with E-state index < -0.39 is 79.4 Å². The number of nitrogens with zero attached hydrogens (tertiary/aromatic N) is 8. The van der Waals surface area contributed by atoms with Gasteiger partial charge in [-0.3, -0.25) is 34.1 Å². The number of carbonyl (C=O) groups is 4. The number of rotatable bonds is 23. The predicted octanol–water partition coefficient (Wildman–Crippen LogP) is 2.61. The molecule has 7 rings (SSSR count). The molecule has 27 heteroatoms. The second kappa shape index (κ2) is 21.2. The van der Waals surface area contributed by atoms with Gasteiger partial charge in [0.15, 0.2) is 0 Å². The van der Waals surface area contributed by atoms with Crippen LogP contribution in [-0.2, 0) is 59.7 Å². The molecule has 2 aliphatic rings. The zero-order valence-electron chi connectivity index (χ0n) is 36.9. The molecule has 1 saturated heterocycles. The molecule has 1 unspecified atom stereocenters. The first kappa shape index (κ1) is 50.1. The maximum Gasteiger partial charge on any atom is 0.419 e. The molecule has 4 amide bonds. The highest BCUT2D eigenvalue weighted by molar-refractivity contribution is 7.89. The molecular formula is C42H45F4N11O11S. The third-order valence-corrected chi connectivity index (χ3v) is 11.6. The summed E-state index contributed by atoms with van der Waals surface area (Å²) in [5.41, 5.74) is -2.68. The molecule has 2 aromatic carbocycles. The Kier molecular flexibility index (Phi) is 15.4. The van der Waals surface area contributed by atoms with Gasteiger partial charge < -0.3 is 29.4 Å². The number of benzene rings is 2. The minimum Gasteiger partial charge on any atom is -0.490 e. The highest BCUT2D eigenvalue weighted by atomic mass is 32.2. The van der Waals surface area contributed by atoms with Crippen molar-refractivity contribution in [3.05, 3.63) is 89.4 Å². The maximum absolute atomic E-state index is 15.2. The first-order valence-electron chi connectivity index (χ1n) is 21.1. The Bertz CT molecular complexity index is 2820. The molecule has 0 aliphatic carbocycles. The highest BCUT2D eigenvalue weighted by Gasteiger charge is 2.46. The number of alkyl halides is 3. The zero-order valence-corrected chi connectivity index (χ0v) is 37.7. The fourth-order valence-corrected chi connectivity index (χ4v) is 8.06. The molecule has 0 bridgehead atoms. The highest BCUT2D eigenvalue weighted by Crippen LogP contribution is 2.37. The van der Waals surface area contributed by atoms with Crippen LogP contribution in [0.4, 0.5) is 29.2 Å². The number of hydrogen-bond donors (Lipinski definition) is 4. The molecule has 3 aromatic heterocycles. The minimum absolute atomic E-state index is 0.00124. The molecule has 0 radical (unpaired) electrons. The van der Waals surface area contributed by atoms with Crippen LogP contribution in [0.5, 0.6) is 5.75 Å². The number of piperidine rings is 1. The molecular weight excluding hydrogens is 943 g/mol. The summed E-state index contributed by atoms with van der Waals surface area (Å²) in [5.74, 6) is -3.79. The van der Waals surface area contributed by atoms with Crippen molar-refractivity contribution in [1.29, 1.82) is 0 Å². The SMILES string of the molecule is CC(C)(O)Cn1cc(-c2nc(Nc3ccc(S(=O)(=O)NCCOCc4cn(CCOCCOCCOc5cccc6c5C(=O)N(C5CCC(=O)NC5=O)C6=O)nn4)cc3F)ncc2C(F)(F)F)cn1. The lowest BCUT2D eigenvalue weighted by Crippen LogP contribution is -2.54. The number of aromatic nitrogens is 7. The maximum atomic E-state index is 15.2. The van der Waals surface area contributed by atoms with Gasteiger partial charge in [-0.2, -0.15) is 18.3 Å². The molecule has 5 aromatic rings. The molecule has 1 fully saturated rings. The standard InChI is InChI=1S/C42H45F4N11O11S/c1-41(2,62)24-56-21-25(19-48-56)36-29(42(44,45)46)20-47-40(52-36)50-31-7-6-27(18-30(31)43)69(63,64)49-10-12-67-23-26-22-55(54-53-26)11-13-65-14-15-66-16-17-68-33-5-3-4-28-35(33)39(61)57(38(28)60)32-8-9-34(58)51-37(32)59/h3-7,18-22,32,49,62H,8-17,23-24H2,1-2H3,(H,47,50,52)(H,51,58,59). The van der Waals surface area contributed by atoms with Crippen molar-refractivity contribution < 1.29 is 69.2 Å². The lowest BCUT2D eigenvalue weighted by atomic mass is 10.0. The minimum atomic E-state index is -4.84. The van der Waals surface area contributed by atoms with Gasteiger partial charge in [-0.1, -0.05) is 11.3 Å². The summed E-state index contributed by atoms with van der Waals surface area (Å²) in [6.45, 7) is 3.98. The fourth-order valence-electron chi connectivity index (χ4n) is 7.04. The second-order valence-corrected chi connectivity index (χ2v) is 17.8. The van der Waals surface area contributed by atoms with E-state index in [-0.39, 0.29) is 100 Å². The number of fused-ring (bicyclic) bond motifs is 1. The third kappa shape index (κ3) is 12.7. The first-order valence-corrected chi connectivity index (χ1v) is 22.6. The van der Waals surface area contributed by atoms with Gasteiger partial charge in [-0.15, -0.1) is 5.10 Å². The number of carbonyl (C=O) groups excluding carboxylic acids is 4. The van der Waals surface area contributed by atoms with E-state index in [0.717, 1.165) is 29.3 Å². The van der Waals surface area contributed by atoms with E-state index in [9.17, 15) is 45.9 Å². The summed E-state index contributed by atoms with van der Waals surface area (Å²) in [5, 5.41) is 26.7. The van der Waals surface area contributed by atoms with Crippen LogP contribution in [0.15, 0.2) is 66.1 Å². The van der Waals surface area contributed by atoms with Gasteiger partial charge in [0.2, 0.25) is 27.8 Å². The molecule has 5 heterocycles. The second-order valence-electron chi connectivity index (χ2n) is 16.1. The molecule has 4 N–H and O–H groups in total. The van der Waals surface area contributed by atoms with E-state index >= 15 is 4.39 Å². The van der Waals surface area contributed by atoms with Gasteiger partial charge in [-0.05, 0) is 50.6 Å². The van der Waals surface area contributed by atoms with Gasteiger partial charge >= 0.3 is 6.18 Å². The van der Waals surface area contributed by atoms with E-state index in [4.69, 9.17) is 18.9 Å². The van der Waals surface area contributed by atoms with Crippen molar-refractivity contribution in [3.63, 3.8) is 0 Å². The zero-order chi connectivity index (χ0) is 49.5. The van der Waals surface area contributed by atoms with Gasteiger partial charge in [0.05, 0.1) is 98.1 Å². The summed E-state index contributed by atoms with van der Waals surface area (Å²) in [6.07, 6.45) is -0.245. The Labute approximate surface area is 390 Å². The van der Waals surface area contributed by atoms with Crippen LogP contribution in [0.1, 0.15) is 58.7 Å². The van der Waals surface area contributed by atoms with Crippen LogP contribution in [0.2, 0.25) is 0 Å². The molecule has 2 aliphatic heterocycles. The number of nitrogens with one attached hydrogen (secondary N) is 3. The van der Waals surface area contributed by atoms with Crippen molar-refractivity contribution in [2.75, 3.05) is 51.5 Å². The number of sulfonamides is 1. The first-order chi connectivity index (χ1) is 32.8. The summed E-state index contributed by atoms with van der Waals surface area (Å²) < 4.78 is 110. The number of amides is 4. The van der Waals surface area contributed by atoms with Gasteiger partial charge in [0.1, 0.15) is 35.5 Å². The van der Waals surface area contributed by atoms with Crippen LogP contribution in [0.3, 0.4) is 0 Å². The molecule has 1 atom stereocenters. The quantitative estimate of drug-likeness (QED) is 0.0416.